The van der Waals surface area contributed by atoms with Gasteiger partial charge in [-0.2, -0.15) is 0 Å². The van der Waals surface area contributed by atoms with Crippen LogP contribution in [0.5, 0.6) is 0 Å². The molecule has 0 unspecified atom stereocenters. The molecule has 3 aromatic heterocycles. The van der Waals surface area contributed by atoms with Crippen molar-refractivity contribution in [1.82, 2.24) is 15.0 Å². The topological polar surface area (TPSA) is 76.0 Å². The summed E-state index contributed by atoms with van der Waals surface area (Å²) >= 11 is 0. The van der Waals surface area contributed by atoms with Crippen molar-refractivity contribution in [2.75, 3.05) is 0 Å². The molecule has 29 heavy (non-hydrogen) atoms. The summed E-state index contributed by atoms with van der Waals surface area (Å²) in [6.07, 6.45) is 0. The second kappa shape index (κ2) is 8.37. The summed E-state index contributed by atoms with van der Waals surface area (Å²) in [6, 6.07) is 7.14. The Hall–Kier alpha value is -2.67. The zero-order chi connectivity index (χ0) is 20.6. The number of pyridine rings is 3. The van der Waals surface area contributed by atoms with E-state index in [2.05, 4.69) is 21.0 Å². The second-order valence-electron chi connectivity index (χ2n) is 6.37. The molecule has 3 heterocycles. The van der Waals surface area contributed by atoms with Crippen LogP contribution in [0.1, 0.15) is 35.7 Å². The SMILES string of the molecule is CC(C)(c1nc(C(=O)O)ccc1F)c1nc(-c2[c-]cc(F)nc2F)ccc1F.[Pt]. The van der Waals surface area contributed by atoms with Crippen LogP contribution < -0.4 is 0 Å². The van der Waals surface area contributed by atoms with Gasteiger partial charge in [0.15, 0.2) is 0 Å². The maximum absolute atomic E-state index is 14.5. The van der Waals surface area contributed by atoms with Crippen LogP contribution in [-0.2, 0) is 26.5 Å². The van der Waals surface area contributed by atoms with Gasteiger partial charge in [-0.1, -0.05) is 17.7 Å². The number of aromatic nitrogens is 3. The number of halogens is 4. The molecule has 154 valence electrons. The number of rotatable bonds is 4. The number of nitrogens with zero attached hydrogens (tertiary/aromatic N) is 3. The predicted octanol–water partition coefficient (Wildman–Crippen LogP) is 3.92. The van der Waals surface area contributed by atoms with E-state index in [-0.39, 0.29) is 43.7 Å². The molecule has 0 aliphatic rings. The van der Waals surface area contributed by atoms with Crippen molar-refractivity contribution in [2.45, 2.75) is 19.3 Å². The number of carbonyl (C=O) groups is 1. The normalized spacial score (nSPS) is 11.1. The van der Waals surface area contributed by atoms with E-state index >= 15 is 0 Å². The van der Waals surface area contributed by atoms with Gasteiger partial charge in [0.1, 0.15) is 29.2 Å². The Balaban J connectivity index is 0.00000300. The van der Waals surface area contributed by atoms with Crippen LogP contribution in [0.15, 0.2) is 30.3 Å². The van der Waals surface area contributed by atoms with Gasteiger partial charge in [0, 0.05) is 21.1 Å². The molecule has 3 rings (SSSR count). The van der Waals surface area contributed by atoms with E-state index in [9.17, 15) is 22.4 Å². The molecule has 0 amide bonds. The average molecular weight is 585 g/mol. The number of carboxylic acid groups (broad SMARTS) is 1. The van der Waals surface area contributed by atoms with Gasteiger partial charge in [-0.25, -0.2) is 27.3 Å². The molecule has 0 spiro atoms. The molecule has 0 saturated carbocycles. The van der Waals surface area contributed by atoms with Gasteiger partial charge in [0.25, 0.3) is 0 Å². The number of hydrogen-bond donors (Lipinski definition) is 1. The van der Waals surface area contributed by atoms with Gasteiger partial charge in [-0.15, -0.1) is 6.07 Å². The van der Waals surface area contributed by atoms with Gasteiger partial charge in [0.2, 0.25) is 0 Å². The van der Waals surface area contributed by atoms with Crippen LogP contribution in [0.2, 0.25) is 0 Å². The van der Waals surface area contributed by atoms with Crippen molar-refractivity contribution >= 4 is 5.97 Å². The largest absolute Gasteiger partial charge is 0.477 e. The Morgan fingerprint density at radius 1 is 0.966 bits per heavy atom. The molecule has 3 aromatic rings. The molecule has 5 nitrogen and oxygen atoms in total. The standard InChI is InChI=1S/C19H12F4N3O2.Pt/c1-19(2,16-11(21)5-7-13(25-16)18(27)28)15-10(20)4-6-12(24-15)9-3-8-14(22)26-17(9)23;/h4-8H,1-2H3,(H,27,28);/q-1;. The van der Waals surface area contributed by atoms with E-state index in [0.717, 1.165) is 30.3 Å². The molecule has 0 radical (unpaired) electrons. The summed E-state index contributed by atoms with van der Waals surface area (Å²) in [7, 11) is 0. The zero-order valence-corrected chi connectivity index (χ0v) is 17.2. The fourth-order valence-corrected chi connectivity index (χ4v) is 2.68. The first-order valence-electron chi connectivity index (χ1n) is 7.92. The third-order valence-electron chi connectivity index (χ3n) is 4.10. The maximum atomic E-state index is 14.5. The van der Waals surface area contributed by atoms with E-state index in [0.29, 0.717) is 0 Å². The fourth-order valence-electron chi connectivity index (χ4n) is 2.68. The van der Waals surface area contributed by atoms with Gasteiger partial charge in [-0.3, -0.25) is 9.97 Å². The van der Waals surface area contributed by atoms with Crippen molar-refractivity contribution in [3.8, 4) is 11.3 Å². The van der Waals surface area contributed by atoms with Gasteiger partial charge in [-0.05, 0) is 37.7 Å². The first-order valence-corrected chi connectivity index (χ1v) is 7.92. The van der Waals surface area contributed by atoms with Crippen molar-refractivity contribution in [3.05, 3.63) is 77.0 Å². The third-order valence-corrected chi connectivity index (χ3v) is 4.10. The van der Waals surface area contributed by atoms with Crippen molar-refractivity contribution in [1.29, 1.82) is 0 Å². The molecule has 0 aliphatic carbocycles. The molecular formula is C19H12F4N3O2Pt-. The molecular weight excluding hydrogens is 573 g/mol. The maximum Gasteiger partial charge on any atom is 0.354 e. The van der Waals surface area contributed by atoms with E-state index in [4.69, 9.17) is 5.11 Å². The summed E-state index contributed by atoms with van der Waals surface area (Å²) in [4.78, 5) is 22.0. The first-order chi connectivity index (χ1) is 13.1. The van der Waals surface area contributed by atoms with Crippen LogP contribution in [0.25, 0.3) is 11.3 Å². The Morgan fingerprint density at radius 3 is 2.14 bits per heavy atom. The van der Waals surface area contributed by atoms with E-state index in [1.54, 1.807) is 0 Å². The average Bonchev–Trinajstić information content (AvgIpc) is 2.62. The fraction of sp³-hybridized carbons (Fsp3) is 0.158. The minimum absolute atomic E-state index is 0. The number of hydrogen-bond acceptors (Lipinski definition) is 4. The van der Waals surface area contributed by atoms with Gasteiger partial charge in [0.05, 0.1) is 16.8 Å². The zero-order valence-electron chi connectivity index (χ0n) is 14.9. The molecule has 0 fully saturated rings. The van der Waals surface area contributed by atoms with Crippen LogP contribution in [-0.4, -0.2) is 26.0 Å². The minimum atomic E-state index is -1.51. The van der Waals surface area contributed by atoms with Gasteiger partial charge >= 0.3 is 5.97 Å². The third kappa shape index (κ3) is 4.34. The summed E-state index contributed by atoms with van der Waals surface area (Å²) in [6.45, 7) is 2.78. The quantitative estimate of drug-likeness (QED) is 0.286. The van der Waals surface area contributed by atoms with Crippen molar-refractivity contribution in [2.24, 2.45) is 0 Å². The Kier molecular flexibility index (Phi) is 6.52. The van der Waals surface area contributed by atoms with Crippen molar-refractivity contribution in [3.63, 3.8) is 0 Å². The van der Waals surface area contributed by atoms with E-state index in [1.807, 2.05) is 0 Å². The monoisotopic (exact) mass is 585 g/mol. The van der Waals surface area contributed by atoms with Crippen LogP contribution in [0, 0.1) is 29.6 Å². The molecule has 0 bridgehead atoms. The van der Waals surface area contributed by atoms with Crippen LogP contribution in [0.3, 0.4) is 0 Å². The second-order valence-corrected chi connectivity index (χ2v) is 6.37. The molecule has 0 aromatic carbocycles. The molecule has 0 saturated heterocycles. The smallest absolute Gasteiger partial charge is 0.354 e. The summed E-state index contributed by atoms with van der Waals surface area (Å²) in [5, 5.41) is 9.08. The Morgan fingerprint density at radius 2 is 1.55 bits per heavy atom. The van der Waals surface area contributed by atoms with Crippen LogP contribution >= 0.6 is 0 Å². The summed E-state index contributed by atoms with van der Waals surface area (Å²) in [5.74, 6) is -5.36. The van der Waals surface area contributed by atoms with Crippen molar-refractivity contribution < 1.29 is 48.5 Å². The summed E-state index contributed by atoms with van der Waals surface area (Å²) < 4.78 is 55.8. The van der Waals surface area contributed by atoms with E-state index in [1.165, 1.54) is 13.8 Å². The number of carboxylic acids is 1. The minimum Gasteiger partial charge on any atom is -0.477 e. The van der Waals surface area contributed by atoms with Crippen LogP contribution in [0.4, 0.5) is 17.6 Å². The predicted molar refractivity (Wildman–Crippen MR) is 89.5 cm³/mol. The van der Waals surface area contributed by atoms with Gasteiger partial charge < -0.3 is 5.11 Å². The Bertz CT molecular complexity index is 1090. The molecule has 10 heteroatoms. The first kappa shape index (κ1) is 22.6. The summed E-state index contributed by atoms with van der Waals surface area (Å²) in [5.41, 5.74) is -3.01. The molecule has 1 N–H and O–H groups in total. The Labute approximate surface area is 177 Å². The molecule has 0 atom stereocenters. The van der Waals surface area contributed by atoms with E-state index < -0.39 is 40.6 Å². The molecule has 0 aliphatic heterocycles. The number of aromatic carboxylic acids is 1.